The number of amides is 1. The number of hydrogen-bond donors (Lipinski definition) is 1. The van der Waals surface area contributed by atoms with Crippen molar-refractivity contribution in [3.8, 4) is 0 Å². The molecule has 1 aromatic carbocycles. The zero-order chi connectivity index (χ0) is 14.7. The van der Waals surface area contributed by atoms with E-state index >= 15 is 0 Å². The van der Waals surface area contributed by atoms with Gasteiger partial charge in [-0.1, -0.05) is 17.7 Å². The van der Waals surface area contributed by atoms with E-state index in [9.17, 15) is 14.9 Å². The van der Waals surface area contributed by atoms with Gasteiger partial charge in [-0.05, 0) is 34.1 Å². The lowest BCUT2D eigenvalue weighted by atomic mass is 10.2. The lowest BCUT2D eigenvalue weighted by Crippen LogP contribution is -2.13. The Balaban J connectivity index is 2.28. The number of aromatic nitrogens is 1. The van der Waals surface area contributed by atoms with Crippen molar-refractivity contribution in [2.45, 2.75) is 0 Å². The minimum absolute atomic E-state index is 0.0191. The first kappa shape index (κ1) is 14.4. The monoisotopic (exact) mass is 355 g/mol. The van der Waals surface area contributed by atoms with Crippen molar-refractivity contribution >= 4 is 44.9 Å². The zero-order valence-corrected chi connectivity index (χ0v) is 12.2. The average molecular weight is 357 g/mol. The molecule has 102 valence electrons. The largest absolute Gasteiger partial charge is 0.307 e. The van der Waals surface area contributed by atoms with Crippen LogP contribution in [0.3, 0.4) is 0 Å². The molecule has 1 amide bonds. The lowest BCUT2D eigenvalue weighted by Gasteiger charge is -2.06. The Morgan fingerprint density at radius 1 is 1.35 bits per heavy atom. The average Bonchev–Trinajstić information content (AvgIpc) is 2.41. The minimum Gasteiger partial charge on any atom is -0.307 e. The van der Waals surface area contributed by atoms with Crippen molar-refractivity contribution in [2.75, 3.05) is 5.32 Å². The molecule has 0 unspecified atom stereocenters. The highest BCUT2D eigenvalue weighted by molar-refractivity contribution is 9.10. The first-order valence-corrected chi connectivity index (χ1v) is 6.52. The summed E-state index contributed by atoms with van der Waals surface area (Å²) in [7, 11) is 0. The smallest absolute Gasteiger partial charge is 0.288 e. The van der Waals surface area contributed by atoms with Crippen molar-refractivity contribution in [1.82, 2.24) is 4.98 Å². The summed E-state index contributed by atoms with van der Waals surface area (Å²) in [5.41, 5.74) is -0.298. The maximum Gasteiger partial charge on any atom is 0.288 e. The molecule has 1 heterocycles. The van der Waals surface area contributed by atoms with Crippen molar-refractivity contribution in [3.63, 3.8) is 0 Å². The van der Waals surface area contributed by atoms with Crippen molar-refractivity contribution < 1.29 is 9.72 Å². The predicted octanol–water partition coefficient (Wildman–Crippen LogP) is 3.66. The normalized spacial score (nSPS) is 10.1. The van der Waals surface area contributed by atoms with Crippen molar-refractivity contribution in [2.24, 2.45) is 0 Å². The number of carbonyl (C=O) groups is 1. The molecular formula is C12H7BrClN3O3. The van der Waals surface area contributed by atoms with Crippen LogP contribution in [-0.4, -0.2) is 15.8 Å². The highest BCUT2D eigenvalue weighted by atomic mass is 79.9. The SMILES string of the molecule is O=C(Nc1ccc(Br)cn1)c1cccc([N+](=O)[O-])c1Cl. The molecule has 1 N–H and O–H groups in total. The lowest BCUT2D eigenvalue weighted by molar-refractivity contribution is -0.384. The van der Waals surface area contributed by atoms with Crippen LogP contribution >= 0.6 is 27.5 Å². The van der Waals surface area contributed by atoms with Crippen LogP contribution in [0.4, 0.5) is 11.5 Å². The standard InChI is InChI=1S/C12H7BrClN3O3/c13-7-4-5-10(15-6-7)16-12(18)8-2-1-3-9(11(8)14)17(19)20/h1-6H,(H,15,16,18). The topological polar surface area (TPSA) is 85.1 Å². The van der Waals surface area contributed by atoms with Gasteiger partial charge < -0.3 is 5.32 Å². The molecule has 0 aliphatic rings. The molecular weight excluding hydrogens is 350 g/mol. The van der Waals surface area contributed by atoms with Crippen LogP contribution in [0.15, 0.2) is 41.0 Å². The van der Waals surface area contributed by atoms with Gasteiger partial charge in [-0.25, -0.2) is 4.98 Å². The summed E-state index contributed by atoms with van der Waals surface area (Å²) in [6.07, 6.45) is 1.52. The van der Waals surface area contributed by atoms with E-state index in [2.05, 4.69) is 26.2 Å². The summed E-state index contributed by atoms with van der Waals surface area (Å²) < 4.78 is 0.767. The number of nitro groups is 1. The van der Waals surface area contributed by atoms with Crippen LogP contribution in [0.1, 0.15) is 10.4 Å². The fourth-order valence-corrected chi connectivity index (χ4v) is 1.98. The molecule has 6 nitrogen and oxygen atoms in total. The number of carbonyl (C=O) groups excluding carboxylic acids is 1. The molecule has 0 fully saturated rings. The van der Waals surface area contributed by atoms with E-state index in [4.69, 9.17) is 11.6 Å². The van der Waals surface area contributed by atoms with E-state index in [0.717, 1.165) is 4.47 Å². The van der Waals surface area contributed by atoms with Gasteiger partial charge >= 0.3 is 0 Å². The molecule has 0 aliphatic heterocycles. The number of nitrogens with zero attached hydrogens (tertiary/aromatic N) is 2. The van der Waals surface area contributed by atoms with E-state index in [1.807, 2.05) is 0 Å². The summed E-state index contributed by atoms with van der Waals surface area (Å²) in [4.78, 5) is 26.1. The van der Waals surface area contributed by atoms with Gasteiger partial charge in [0.15, 0.2) is 0 Å². The van der Waals surface area contributed by atoms with E-state index < -0.39 is 10.8 Å². The fraction of sp³-hybridized carbons (Fsp3) is 0. The van der Waals surface area contributed by atoms with Crippen molar-refractivity contribution in [3.05, 3.63) is 61.7 Å². The first-order chi connectivity index (χ1) is 9.49. The maximum absolute atomic E-state index is 12.0. The predicted molar refractivity (Wildman–Crippen MR) is 78.0 cm³/mol. The quantitative estimate of drug-likeness (QED) is 0.672. The summed E-state index contributed by atoms with van der Waals surface area (Å²) in [6.45, 7) is 0. The molecule has 0 aliphatic carbocycles. The molecule has 0 bridgehead atoms. The number of nitro benzene ring substituents is 1. The van der Waals surface area contributed by atoms with Gasteiger partial charge in [0.1, 0.15) is 10.8 Å². The molecule has 20 heavy (non-hydrogen) atoms. The molecule has 0 saturated carbocycles. The molecule has 0 atom stereocenters. The van der Waals surface area contributed by atoms with Gasteiger partial charge in [-0.2, -0.15) is 0 Å². The number of benzene rings is 1. The third kappa shape index (κ3) is 3.12. The van der Waals surface area contributed by atoms with Crippen LogP contribution in [0, 0.1) is 10.1 Å². The highest BCUT2D eigenvalue weighted by Gasteiger charge is 2.20. The molecule has 2 aromatic rings. The third-order valence-corrected chi connectivity index (χ3v) is 3.25. The molecule has 1 aromatic heterocycles. The maximum atomic E-state index is 12.0. The van der Waals surface area contributed by atoms with Crippen LogP contribution in [0.2, 0.25) is 5.02 Å². The number of anilines is 1. The van der Waals surface area contributed by atoms with E-state index in [1.54, 1.807) is 12.1 Å². The number of halogens is 2. The highest BCUT2D eigenvalue weighted by Crippen LogP contribution is 2.28. The summed E-state index contributed by atoms with van der Waals surface area (Å²) in [5, 5.41) is 13.1. The Hall–Kier alpha value is -1.99. The molecule has 0 radical (unpaired) electrons. The van der Waals surface area contributed by atoms with E-state index in [1.165, 1.54) is 24.4 Å². The van der Waals surface area contributed by atoms with Crippen LogP contribution in [0.25, 0.3) is 0 Å². The van der Waals surface area contributed by atoms with Crippen LogP contribution in [-0.2, 0) is 0 Å². The minimum atomic E-state index is -0.642. The Morgan fingerprint density at radius 2 is 2.10 bits per heavy atom. The number of nitrogens with one attached hydrogen (secondary N) is 1. The molecule has 0 spiro atoms. The summed E-state index contributed by atoms with van der Waals surface area (Å²) in [5.74, 6) is -0.241. The Kier molecular flexibility index (Phi) is 4.31. The molecule has 2 rings (SSSR count). The van der Waals surface area contributed by atoms with E-state index in [0.29, 0.717) is 5.82 Å². The van der Waals surface area contributed by atoms with Crippen LogP contribution < -0.4 is 5.32 Å². The van der Waals surface area contributed by atoms with E-state index in [-0.39, 0.29) is 16.3 Å². The second-order valence-corrected chi connectivity index (χ2v) is 5.01. The van der Waals surface area contributed by atoms with Gasteiger partial charge in [0, 0.05) is 16.7 Å². The molecule has 8 heteroatoms. The number of rotatable bonds is 3. The van der Waals surface area contributed by atoms with Gasteiger partial charge in [0.25, 0.3) is 11.6 Å². The number of pyridine rings is 1. The number of hydrogen-bond acceptors (Lipinski definition) is 4. The second kappa shape index (κ2) is 5.98. The van der Waals surface area contributed by atoms with Gasteiger partial charge in [0.05, 0.1) is 10.5 Å². The Labute approximate surface area is 127 Å². The zero-order valence-electron chi connectivity index (χ0n) is 9.84. The van der Waals surface area contributed by atoms with Gasteiger partial charge in [0.2, 0.25) is 0 Å². The molecule has 0 saturated heterocycles. The first-order valence-electron chi connectivity index (χ1n) is 5.35. The second-order valence-electron chi connectivity index (χ2n) is 3.71. The Morgan fingerprint density at radius 3 is 2.70 bits per heavy atom. The van der Waals surface area contributed by atoms with Crippen LogP contribution in [0.5, 0.6) is 0 Å². The Bertz CT molecular complexity index is 676. The van der Waals surface area contributed by atoms with Gasteiger partial charge in [-0.3, -0.25) is 14.9 Å². The van der Waals surface area contributed by atoms with Crippen molar-refractivity contribution in [1.29, 1.82) is 0 Å². The third-order valence-electron chi connectivity index (χ3n) is 2.39. The summed E-state index contributed by atoms with van der Waals surface area (Å²) >= 11 is 9.08. The van der Waals surface area contributed by atoms with Gasteiger partial charge in [-0.15, -0.1) is 0 Å². The fourth-order valence-electron chi connectivity index (χ4n) is 1.47. The summed E-state index contributed by atoms with van der Waals surface area (Å²) in [6, 6.07) is 7.33.